The minimum Gasteiger partial charge on any atom is -0.383 e. The highest BCUT2D eigenvalue weighted by Gasteiger charge is 2.18. The van der Waals surface area contributed by atoms with Crippen molar-refractivity contribution in [1.29, 1.82) is 0 Å². The van der Waals surface area contributed by atoms with E-state index in [-0.39, 0.29) is 0 Å². The number of aryl methyl sites for hydroxylation is 4. The first kappa shape index (κ1) is 13.6. The Balaban J connectivity index is 2.48. The molecule has 21 heavy (non-hydrogen) atoms. The first-order valence-corrected chi connectivity index (χ1v) is 7.08. The van der Waals surface area contributed by atoms with Crippen LogP contribution in [-0.4, -0.2) is 14.5 Å². The van der Waals surface area contributed by atoms with Gasteiger partial charge >= 0.3 is 0 Å². The summed E-state index contributed by atoms with van der Waals surface area (Å²) in [4.78, 5) is 8.61. The molecule has 0 saturated heterocycles. The van der Waals surface area contributed by atoms with Gasteiger partial charge in [0.25, 0.3) is 0 Å². The molecule has 0 amide bonds. The van der Waals surface area contributed by atoms with Crippen molar-refractivity contribution in [2.24, 2.45) is 0 Å². The number of rotatable bonds is 1. The zero-order chi connectivity index (χ0) is 15.3. The van der Waals surface area contributed by atoms with Crippen LogP contribution in [0, 0.1) is 34.6 Å². The number of nitrogens with two attached hydrogens (primary N) is 1. The van der Waals surface area contributed by atoms with Gasteiger partial charge in [-0.3, -0.25) is 4.57 Å². The van der Waals surface area contributed by atoms with Crippen molar-refractivity contribution in [1.82, 2.24) is 14.5 Å². The summed E-state index contributed by atoms with van der Waals surface area (Å²) in [6, 6.07) is 4.40. The summed E-state index contributed by atoms with van der Waals surface area (Å²) in [5.74, 6) is 0.543. The summed E-state index contributed by atoms with van der Waals surface area (Å²) >= 11 is 0. The van der Waals surface area contributed by atoms with Crippen LogP contribution < -0.4 is 5.73 Å². The average molecular weight is 280 g/mol. The molecule has 0 saturated carbocycles. The molecule has 2 heterocycles. The predicted molar refractivity (Wildman–Crippen MR) is 87.0 cm³/mol. The lowest BCUT2D eigenvalue weighted by Crippen LogP contribution is -2.04. The van der Waals surface area contributed by atoms with Gasteiger partial charge in [0, 0.05) is 5.69 Å². The minimum atomic E-state index is 0.543. The molecule has 0 fully saturated rings. The van der Waals surface area contributed by atoms with Crippen LogP contribution in [0.5, 0.6) is 0 Å². The number of nitrogen functional groups attached to an aromatic ring is 1. The van der Waals surface area contributed by atoms with Crippen LogP contribution in [0.2, 0.25) is 0 Å². The van der Waals surface area contributed by atoms with E-state index in [1.54, 1.807) is 0 Å². The van der Waals surface area contributed by atoms with Gasteiger partial charge < -0.3 is 5.73 Å². The Morgan fingerprint density at radius 3 is 2.19 bits per heavy atom. The van der Waals surface area contributed by atoms with Gasteiger partial charge in [0.05, 0.1) is 11.1 Å². The SMILES string of the molecule is Cc1cc(C)c(-n2c(C)c(C)c3c(N)ncnc32)c(C)c1. The fourth-order valence-corrected chi connectivity index (χ4v) is 3.22. The van der Waals surface area contributed by atoms with E-state index in [0.29, 0.717) is 5.82 Å². The Morgan fingerprint density at radius 2 is 1.57 bits per heavy atom. The van der Waals surface area contributed by atoms with E-state index in [1.807, 2.05) is 0 Å². The molecular formula is C17H20N4. The molecule has 4 nitrogen and oxygen atoms in total. The molecule has 0 aliphatic heterocycles. The van der Waals surface area contributed by atoms with Crippen LogP contribution in [-0.2, 0) is 0 Å². The van der Waals surface area contributed by atoms with Crippen LogP contribution in [0.4, 0.5) is 5.82 Å². The maximum atomic E-state index is 6.05. The molecule has 0 bridgehead atoms. The molecule has 0 atom stereocenters. The summed E-state index contributed by atoms with van der Waals surface area (Å²) in [6.07, 6.45) is 1.53. The second kappa shape index (κ2) is 4.58. The molecule has 0 radical (unpaired) electrons. The Bertz CT molecular complexity index is 836. The average Bonchev–Trinajstić information content (AvgIpc) is 2.64. The maximum absolute atomic E-state index is 6.05. The quantitative estimate of drug-likeness (QED) is 0.741. The maximum Gasteiger partial charge on any atom is 0.150 e. The molecule has 4 heteroatoms. The van der Waals surface area contributed by atoms with Gasteiger partial charge in [-0.15, -0.1) is 0 Å². The second-order valence-corrected chi connectivity index (χ2v) is 5.75. The number of aromatic nitrogens is 3. The summed E-state index contributed by atoms with van der Waals surface area (Å²) in [5.41, 5.74) is 14.2. The van der Waals surface area contributed by atoms with Crippen molar-refractivity contribution in [3.8, 4) is 5.69 Å². The molecule has 0 aliphatic carbocycles. The van der Waals surface area contributed by atoms with Gasteiger partial charge in [-0.25, -0.2) is 9.97 Å². The number of hydrogen-bond acceptors (Lipinski definition) is 3. The van der Waals surface area contributed by atoms with E-state index in [1.165, 1.54) is 28.7 Å². The third kappa shape index (κ3) is 1.90. The Kier molecular flexibility index (Phi) is 2.97. The summed E-state index contributed by atoms with van der Waals surface area (Å²) < 4.78 is 2.20. The molecule has 0 spiro atoms. The van der Waals surface area contributed by atoms with Crippen LogP contribution in [0.15, 0.2) is 18.5 Å². The fourth-order valence-electron chi connectivity index (χ4n) is 3.22. The topological polar surface area (TPSA) is 56.7 Å². The molecule has 108 valence electrons. The third-order valence-corrected chi connectivity index (χ3v) is 4.18. The van der Waals surface area contributed by atoms with E-state index in [9.17, 15) is 0 Å². The van der Waals surface area contributed by atoms with E-state index < -0.39 is 0 Å². The van der Waals surface area contributed by atoms with Gasteiger partial charge in [-0.1, -0.05) is 17.7 Å². The lowest BCUT2D eigenvalue weighted by atomic mass is 10.0. The summed E-state index contributed by atoms with van der Waals surface area (Å²) in [7, 11) is 0. The van der Waals surface area contributed by atoms with Gasteiger partial charge in [0.1, 0.15) is 12.1 Å². The zero-order valence-corrected chi connectivity index (χ0v) is 13.2. The van der Waals surface area contributed by atoms with Crippen molar-refractivity contribution in [2.75, 3.05) is 5.73 Å². The number of hydrogen-bond donors (Lipinski definition) is 1. The Hall–Kier alpha value is -2.36. The third-order valence-electron chi connectivity index (χ3n) is 4.18. The highest BCUT2D eigenvalue weighted by molar-refractivity contribution is 5.92. The highest BCUT2D eigenvalue weighted by Crippen LogP contribution is 2.32. The van der Waals surface area contributed by atoms with Crippen molar-refractivity contribution < 1.29 is 0 Å². The van der Waals surface area contributed by atoms with Crippen molar-refractivity contribution >= 4 is 16.9 Å². The molecule has 0 unspecified atom stereocenters. The standard InChI is InChI=1S/C17H20N4/c1-9-6-10(2)15(11(3)7-9)21-13(5)12(4)14-16(18)19-8-20-17(14)21/h6-8H,1-5H3,(H2,18,19,20). The fraction of sp³-hybridized carbons (Fsp3) is 0.294. The molecule has 3 rings (SSSR count). The number of nitrogens with zero attached hydrogens (tertiary/aromatic N) is 3. The normalized spacial score (nSPS) is 11.3. The number of fused-ring (bicyclic) bond motifs is 1. The predicted octanol–water partition coefficient (Wildman–Crippen LogP) is 3.54. The lowest BCUT2D eigenvalue weighted by Gasteiger charge is -2.15. The molecule has 0 aliphatic rings. The molecule has 2 N–H and O–H groups in total. The Labute approximate surface area is 124 Å². The van der Waals surface area contributed by atoms with E-state index in [0.717, 1.165) is 22.3 Å². The van der Waals surface area contributed by atoms with Crippen LogP contribution in [0.25, 0.3) is 16.7 Å². The molecule has 2 aromatic heterocycles. The Morgan fingerprint density at radius 1 is 0.952 bits per heavy atom. The van der Waals surface area contributed by atoms with E-state index in [4.69, 9.17) is 5.73 Å². The summed E-state index contributed by atoms with van der Waals surface area (Å²) in [6.45, 7) is 10.6. The zero-order valence-electron chi connectivity index (χ0n) is 13.2. The van der Waals surface area contributed by atoms with Crippen molar-refractivity contribution in [3.05, 3.63) is 46.4 Å². The van der Waals surface area contributed by atoms with Gasteiger partial charge in [-0.05, 0) is 51.3 Å². The molecular weight excluding hydrogens is 260 g/mol. The van der Waals surface area contributed by atoms with Gasteiger partial charge in [0.2, 0.25) is 0 Å². The first-order chi connectivity index (χ1) is 9.91. The minimum absolute atomic E-state index is 0.543. The smallest absolute Gasteiger partial charge is 0.150 e. The molecule has 3 aromatic rings. The van der Waals surface area contributed by atoms with Crippen molar-refractivity contribution in [3.63, 3.8) is 0 Å². The number of benzene rings is 1. The van der Waals surface area contributed by atoms with Crippen molar-refractivity contribution in [2.45, 2.75) is 34.6 Å². The van der Waals surface area contributed by atoms with E-state index in [2.05, 4.69) is 61.3 Å². The van der Waals surface area contributed by atoms with Gasteiger partial charge in [-0.2, -0.15) is 0 Å². The van der Waals surface area contributed by atoms with Gasteiger partial charge in [0.15, 0.2) is 5.65 Å². The first-order valence-electron chi connectivity index (χ1n) is 7.08. The van der Waals surface area contributed by atoms with Crippen LogP contribution in [0.3, 0.4) is 0 Å². The number of anilines is 1. The largest absolute Gasteiger partial charge is 0.383 e. The monoisotopic (exact) mass is 280 g/mol. The van der Waals surface area contributed by atoms with E-state index >= 15 is 0 Å². The van der Waals surface area contributed by atoms with Crippen LogP contribution >= 0.6 is 0 Å². The molecule has 1 aromatic carbocycles. The lowest BCUT2D eigenvalue weighted by molar-refractivity contribution is 0.987. The summed E-state index contributed by atoms with van der Waals surface area (Å²) in [5, 5.41) is 0.953. The second-order valence-electron chi connectivity index (χ2n) is 5.75. The highest BCUT2D eigenvalue weighted by atomic mass is 15.1. The van der Waals surface area contributed by atoms with Crippen LogP contribution in [0.1, 0.15) is 27.9 Å².